The van der Waals surface area contributed by atoms with Gasteiger partial charge in [0.05, 0.1) is 0 Å². The van der Waals surface area contributed by atoms with Crippen LogP contribution in [0.4, 0.5) is 26.3 Å². The van der Waals surface area contributed by atoms with Gasteiger partial charge in [-0.3, -0.25) is 0 Å². The van der Waals surface area contributed by atoms with E-state index in [1.807, 2.05) is 0 Å². The van der Waals surface area contributed by atoms with Gasteiger partial charge in [-0.25, -0.2) is 0 Å². The van der Waals surface area contributed by atoms with Crippen LogP contribution in [0.3, 0.4) is 0 Å². The van der Waals surface area contributed by atoms with Gasteiger partial charge in [0.15, 0.2) is 0 Å². The van der Waals surface area contributed by atoms with Gasteiger partial charge in [0.2, 0.25) is 0 Å². The summed E-state index contributed by atoms with van der Waals surface area (Å²) < 4.78 is 81.5. The second-order valence-electron chi connectivity index (χ2n) is 3.57. The molecule has 0 aromatic carbocycles. The first-order valence-electron chi connectivity index (χ1n) is 5.64. The van der Waals surface area contributed by atoms with E-state index >= 15 is 0 Å². The van der Waals surface area contributed by atoms with E-state index in [2.05, 4.69) is 15.6 Å². The molecular formula is C8H10BF6N5O3. The molecule has 15 heteroatoms. The third kappa shape index (κ3) is 9.31. The molecule has 0 atom stereocenters. The van der Waals surface area contributed by atoms with E-state index in [0.29, 0.717) is 7.15 Å². The van der Waals surface area contributed by atoms with Crippen molar-refractivity contribution in [2.24, 2.45) is 4.99 Å². The summed E-state index contributed by atoms with van der Waals surface area (Å²) in [4.78, 5) is 24.3. The first-order valence-corrected chi connectivity index (χ1v) is 5.64. The number of carbonyl (C=O) groups is 2. The number of nitrogens with one attached hydrogen (secondary N) is 4. The van der Waals surface area contributed by atoms with Crippen LogP contribution in [0.2, 0.25) is 0 Å². The Morgan fingerprint density at radius 3 is 1.87 bits per heavy atom. The summed E-state index contributed by atoms with van der Waals surface area (Å²) in [5, 5.41) is 7.05. The van der Waals surface area contributed by atoms with Crippen LogP contribution in [0, 0.1) is 0 Å². The third-order valence-electron chi connectivity index (χ3n) is 1.85. The Balaban J connectivity index is 4.46. The maximum atomic E-state index is 11.9. The van der Waals surface area contributed by atoms with Crippen LogP contribution < -0.4 is 21.3 Å². The van der Waals surface area contributed by atoms with Gasteiger partial charge in [0, 0.05) is 0 Å². The fourth-order valence-electron chi connectivity index (χ4n) is 0.912. The molecule has 0 heterocycles. The van der Waals surface area contributed by atoms with Crippen molar-refractivity contribution in [3.8, 4) is 0 Å². The maximum absolute atomic E-state index is 11.9. The zero-order valence-electron chi connectivity index (χ0n) is 11.1. The Bertz CT molecular complexity index is 466. The Morgan fingerprint density at radius 1 is 0.870 bits per heavy atom. The number of amides is 2. The summed E-state index contributed by atoms with van der Waals surface area (Å²) in [5.74, 6) is -4.95. The molecule has 0 fully saturated rings. The van der Waals surface area contributed by atoms with Gasteiger partial charge in [-0.05, 0) is 0 Å². The Labute approximate surface area is 125 Å². The van der Waals surface area contributed by atoms with Crippen LogP contribution in [0.1, 0.15) is 0 Å². The predicted molar refractivity (Wildman–Crippen MR) is 63.1 cm³/mol. The van der Waals surface area contributed by atoms with Crippen molar-refractivity contribution in [2.75, 3.05) is 19.8 Å². The van der Waals surface area contributed by atoms with Gasteiger partial charge in [-0.2, -0.15) is 0 Å². The number of guanidine groups is 1. The number of nitrogens with zero attached hydrogens (tertiary/aromatic N) is 1. The van der Waals surface area contributed by atoms with E-state index < -0.39 is 43.5 Å². The van der Waals surface area contributed by atoms with Crippen LogP contribution in [0.5, 0.6) is 0 Å². The predicted octanol–water partition coefficient (Wildman–Crippen LogP) is -1.20. The van der Waals surface area contributed by atoms with Crippen LogP contribution in [0.15, 0.2) is 4.99 Å². The Hall–Kier alpha value is -2.35. The van der Waals surface area contributed by atoms with Crippen molar-refractivity contribution in [1.82, 2.24) is 21.3 Å². The Kier molecular flexibility index (Phi) is 8.03. The molecule has 0 radical (unpaired) electrons. The normalized spacial score (nSPS) is 12.2. The Morgan fingerprint density at radius 2 is 1.39 bits per heavy atom. The van der Waals surface area contributed by atoms with Gasteiger partial charge in [-0.15, -0.1) is 0 Å². The van der Waals surface area contributed by atoms with Gasteiger partial charge in [0.1, 0.15) is 0 Å². The molecule has 0 rings (SSSR count). The standard InChI is InChI=1S/C8H10BF6N5O3/c10-7(11,12)4(21)17-2-19-6(16-1-9-23)20-3-18-5(22)8(13,14)15/h1-3H2,(H,17,21)(H,18,22)(H2,16,19,20). The fraction of sp³-hybridized carbons (Fsp3) is 0.625. The molecule has 130 valence electrons. The number of hydrogen-bond acceptors (Lipinski definition) is 4. The molecule has 0 saturated carbocycles. The van der Waals surface area contributed by atoms with Crippen LogP contribution >= 0.6 is 0 Å². The molecule has 0 unspecified atom stereocenters. The molecule has 8 nitrogen and oxygen atoms in total. The fourth-order valence-corrected chi connectivity index (χ4v) is 0.912. The van der Waals surface area contributed by atoms with Crippen molar-refractivity contribution < 1.29 is 40.6 Å². The minimum absolute atomic E-state index is 0.333. The molecule has 0 spiro atoms. The molecule has 4 N–H and O–H groups in total. The van der Waals surface area contributed by atoms with E-state index in [1.54, 1.807) is 0 Å². The van der Waals surface area contributed by atoms with Crippen molar-refractivity contribution in [2.45, 2.75) is 12.4 Å². The minimum atomic E-state index is -5.12. The van der Waals surface area contributed by atoms with E-state index in [4.69, 9.17) is 0 Å². The molecule has 0 bridgehead atoms. The van der Waals surface area contributed by atoms with Crippen molar-refractivity contribution in [3.05, 3.63) is 0 Å². The molecule has 0 saturated heterocycles. The second-order valence-corrected chi connectivity index (χ2v) is 3.57. The first-order chi connectivity index (χ1) is 10.5. The first kappa shape index (κ1) is 20.7. The SMILES string of the molecule is O=BCNC(=NCNC(=O)C(F)(F)F)NCNC(=O)C(F)(F)F. The molecule has 0 aromatic rings. The van der Waals surface area contributed by atoms with Gasteiger partial charge in [0.25, 0.3) is 0 Å². The molecule has 0 aliphatic heterocycles. The molecule has 23 heavy (non-hydrogen) atoms. The molecule has 0 aliphatic rings. The van der Waals surface area contributed by atoms with Gasteiger partial charge >= 0.3 is 124 Å². The van der Waals surface area contributed by atoms with E-state index in [9.17, 15) is 40.6 Å². The summed E-state index contributed by atoms with van der Waals surface area (Å²) in [7, 11) is 0.333. The number of rotatable bonds is 6. The van der Waals surface area contributed by atoms with Crippen molar-refractivity contribution >= 4 is 24.9 Å². The van der Waals surface area contributed by atoms with Crippen molar-refractivity contribution in [1.29, 1.82) is 0 Å². The average Bonchev–Trinajstić information content (AvgIpc) is 2.41. The van der Waals surface area contributed by atoms with Crippen LogP contribution in [-0.2, 0) is 14.3 Å². The molecular weight excluding hydrogens is 339 g/mol. The monoisotopic (exact) mass is 349 g/mol. The summed E-state index contributed by atoms with van der Waals surface area (Å²) >= 11 is 0. The van der Waals surface area contributed by atoms with E-state index in [1.165, 1.54) is 10.6 Å². The van der Waals surface area contributed by atoms with Crippen LogP contribution in [0.25, 0.3) is 0 Å². The molecule has 2 amide bonds. The van der Waals surface area contributed by atoms with E-state index in [-0.39, 0.29) is 6.44 Å². The summed E-state index contributed by atoms with van der Waals surface area (Å²) in [6.45, 7) is -1.66. The number of carbonyl (C=O) groups excluding carboxylic acids is 2. The number of hydrogen-bond donors (Lipinski definition) is 4. The second kappa shape index (κ2) is 8.94. The zero-order chi connectivity index (χ0) is 18.1. The van der Waals surface area contributed by atoms with Crippen molar-refractivity contribution in [3.63, 3.8) is 0 Å². The number of aliphatic imine (C=N–C) groups is 1. The van der Waals surface area contributed by atoms with E-state index in [0.717, 1.165) is 0 Å². The molecule has 0 aromatic heterocycles. The number of halogens is 6. The summed E-state index contributed by atoms with van der Waals surface area (Å²) in [5.41, 5.74) is 0. The number of alkyl halides is 6. The third-order valence-corrected chi connectivity index (χ3v) is 1.85. The van der Waals surface area contributed by atoms with Gasteiger partial charge < -0.3 is 0 Å². The molecule has 0 aliphatic carbocycles. The zero-order valence-corrected chi connectivity index (χ0v) is 11.1. The summed E-state index contributed by atoms with van der Waals surface area (Å²) in [6.07, 6.45) is -10.6. The van der Waals surface area contributed by atoms with Gasteiger partial charge in [-0.1, -0.05) is 0 Å². The summed E-state index contributed by atoms with van der Waals surface area (Å²) in [6, 6.07) is 0. The topological polar surface area (TPSA) is 112 Å². The quantitative estimate of drug-likeness (QED) is 0.158. The van der Waals surface area contributed by atoms with Crippen LogP contribution in [-0.4, -0.2) is 57.1 Å². The average molecular weight is 349 g/mol.